The Morgan fingerprint density at radius 3 is 3.00 bits per heavy atom. The summed E-state index contributed by atoms with van der Waals surface area (Å²) >= 11 is 0. The topological polar surface area (TPSA) is 27.0 Å². The van der Waals surface area contributed by atoms with E-state index in [1.807, 2.05) is 30.5 Å². The second-order valence-corrected chi connectivity index (χ2v) is 2.26. The van der Waals surface area contributed by atoms with Gasteiger partial charge in [-0.25, -0.2) is 0 Å². The molecule has 0 saturated heterocycles. The molecule has 0 spiro atoms. The van der Waals surface area contributed by atoms with Crippen LogP contribution in [0.1, 0.15) is 5.56 Å². The molecular weight excluding hydrogens is 136 g/mol. The largest absolute Gasteiger partial charge is 0.215 e. The van der Waals surface area contributed by atoms with Crippen LogP contribution in [0.4, 0.5) is 5.69 Å². The zero-order valence-corrected chi connectivity index (χ0v) is 5.78. The predicted molar refractivity (Wildman–Crippen MR) is 41.4 cm³/mol. The zero-order chi connectivity index (χ0) is 7.68. The third-order valence-electron chi connectivity index (χ3n) is 1.62. The molecule has 0 aliphatic carbocycles. The highest BCUT2D eigenvalue weighted by Gasteiger charge is 2.21. The molecule has 1 aromatic carbocycles. The molecular formula is C9H5N2+. The van der Waals surface area contributed by atoms with Gasteiger partial charge in [0.2, 0.25) is 11.8 Å². The van der Waals surface area contributed by atoms with Gasteiger partial charge in [-0.3, -0.25) is 0 Å². The molecule has 2 heteroatoms. The van der Waals surface area contributed by atoms with Crippen molar-refractivity contribution in [3.8, 4) is 6.19 Å². The maximum Gasteiger partial charge on any atom is 0.215 e. The first kappa shape index (κ1) is 5.91. The third kappa shape index (κ3) is 0.762. The number of nitrogens with zero attached hydrogens (tertiary/aromatic N) is 2. The molecule has 50 valence electrons. The van der Waals surface area contributed by atoms with Crippen LogP contribution < -0.4 is 4.90 Å². The molecule has 0 aromatic heterocycles. The van der Waals surface area contributed by atoms with Crippen molar-refractivity contribution in [3.05, 3.63) is 42.1 Å². The maximum atomic E-state index is 8.62. The molecule has 0 fully saturated rings. The molecule has 0 N–H and O–H groups in total. The van der Waals surface area contributed by atoms with Crippen molar-refractivity contribution in [1.82, 2.24) is 0 Å². The second-order valence-electron chi connectivity index (χ2n) is 2.26. The van der Waals surface area contributed by atoms with Crippen LogP contribution in [0.3, 0.4) is 0 Å². The van der Waals surface area contributed by atoms with E-state index in [1.165, 1.54) is 4.90 Å². The number of rotatable bonds is 0. The average Bonchev–Trinajstić information content (AvgIpc) is 2.47. The summed E-state index contributed by atoms with van der Waals surface area (Å²) in [5, 5.41) is 8.62. The summed E-state index contributed by atoms with van der Waals surface area (Å²) in [5.74, 6) is 0. The normalized spacial score (nSPS) is 12.1. The van der Waals surface area contributed by atoms with E-state index in [-0.39, 0.29) is 0 Å². The van der Waals surface area contributed by atoms with Gasteiger partial charge in [0.05, 0.1) is 12.1 Å². The molecule has 0 bridgehead atoms. The van der Waals surface area contributed by atoms with E-state index in [2.05, 4.69) is 6.08 Å². The highest BCUT2D eigenvalue weighted by Crippen LogP contribution is 2.25. The summed E-state index contributed by atoms with van der Waals surface area (Å²) in [6.45, 7) is 0. The molecule has 1 heterocycles. The molecule has 0 unspecified atom stereocenters. The minimum absolute atomic E-state index is 0.912. The van der Waals surface area contributed by atoms with Crippen LogP contribution >= 0.6 is 0 Å². The Labute approximate surface area is 65.0 Å². The quantitative estimate of drug-likeness (QED) is 0.405. The number of hydrogen-bond acceptors (Lipinski definition) is 2. The Bertz CT molecular complexity index is 347. The summed E-state index contributed by atoms with van der Waals surface area (Å²) in [6, 6.07) is 7.67. The summed E-state index contributed by atoms with van der Waals surface area (Å²) in [6.07, 6.45) is 6.66. The molecule has 1 aliphatic heterocycles. The fraction of sp³-hybridized carbons (Fsp3) is 0. The van der Waals surface area contributed by atoms with Gasteiger partial charge in [0.1, 0.15) is 6.20 Å². The third-order valence-corrected chi connectivity index (χ3v) is 1.62. The standard InChI is InChI=1S/C9H5N2/c10-7-11-6-5-8-3-1-2-4-9(8)11/h1-4,6H/q+1. The van der Waals surface area contributed by atoms with Crippen molar-refractivity contribution >= 4 is 5.69 Å². The predicted octanol–water partition coefficient (Wildman–Crippen LogP) is 1.65. The lowest BCUT2D eigenvalue weighted by molar-refractivity contribution is 1.30. The Balaban J connectivity index is 2.56. The number of hydrogen-bond donors (Lipinski definition) is 0. The molecule has 1 aromatic rings. The van der Waals surface area contributed by atoms with E-state index in [0.29, 0.717) is 0 Å². The van der Waals surface area contributed by atoms with E-state index < -0.39 is 0 Å². The van der Waals surface area contributed by atoms with Gasteiger partial charge in [-0.1, -0.05) is 0 Å². The van der Waals surface area contributed by atoms with Crippen molar-refractivity contribution in [2.45, 2.75) is 0 Å². The number of anilines is 1. The summed E-state index contributed by atoms with van der Waals surface area (Å²) in [4.78, 5) is 1.50. The van der Waals surface area contributed by atoms with Gasteiger partial charge >= 0.3 is 0 Å². The van der Waals surface area contributed by atoms with Gasteiger partial charge in [0.25, 0.3) is 0 Å². The Morgan fingerprint density at radius 2 is 2.18 bits per heavy atom. The molecule has 2 nitrogen and oxygen atoms in total. The smallest absolute Gasteiger partial charge is 0.177 e. The van der Waals surface area contributed by atoms with Crippen molar-refractivity contribution in [3.63, 3.8) is 0 Å². The number of para-hydroxylation sites is 1. The number of nitriles is 1. The van der Waals surface area contributed by atoms with Gasteiger partial charge in [-0.05, 0) is 12.1 Å². The Hall–Kier alpha value is -1.84. The minimum atomic E-state index is 0.912. The van der Waals surface area contributed by atoms with Crippen LogP contribution in [0.5, 0.6) is 0 Å². The van der Waals surface area contributed by atoms with Crippen LogP contribution in [0.15, 0.2) is 30.5 Å². The molecule has 11 heavy (non-hydrogen) atoms. The van der Waals surface area contributed by atoms with Gasteiger partial charge in [-0.2, -0.15) is 10.2 Å². The number of benzene rings is 1. The van der Waals surface area contributed by atoms with E-state index in [9.17, 15) is 0 Å². The molecule has 0 saturated carbocycles. The molecule has 0 atom stereocenters. The Morgan fingerprint density at radius 1 is 1.36 bits per heavy atom. The van der Waals surface area contributed by atoms with Crippen molar-refractivity contribution in [1.29, 1.82) is 5.26 Å². The van der Waals surface area contributed by atoms with Crippen LogP contribution in [0, 0.1) is 17.5 Å². The van der Waals surface area contributed by atoms with Crippen LogP contribution in [0.2, 0.25) is 0 Å². The first-order valence-corrected chi connectivity index (χ1v) is 3.30. The zero-order valence-electron chi connectivity index (χ0n) is 5.78. The van der Waals surface area contributed by atoms with Gasteiger partial charge in [-0.15, -0.1) is 0 Å². The molecule has 0 amide bonds. The fourth-order valence-electron chi connectivity index (χ4n) is 1.09. The molecule has 1 aliphatic rings. The fourth-order valence-corrected chi connectivity index (χ4v) is 1.09. The maximum absolute atomic E-state index is 8.62. The average molecular weight is 141 g/mol. The van der Waals surface area contributed by atoms with Crippen LogP contribution in [0.25, 0.3) is 0 Å². The number of fused-ring (bicyclic) bond motifs is 1. The minimum Gasteiger partial charge on any atom is -0.177 e. The summed E-state index contributed by atoms with van der Waals surface area (Å²) < 4.78 is 0. The van der Waals surface area contributed by atoms with Gasteiger partial charge < -0.3 is 0 Å². The van der Waals surface area contributed by atoms with Crippen LogP contribution in [-0.4, -0.2) is 0 Å². The summed E-state index contributed by atoms with van der Waals surface area (Å²) in [7, 11) is 0. The second kappa shape index (κ2) is 2.09. The first-order chi connectivity index (χ1) is 5.42. The lowest BCUT2D eigenvalue weighted by Gasteiger charge is -1.95. The SMILES string of the molecule is N#CN1C=[C+]c2ccccc21. The Kier molecular flexibility index (Phi) is 1.12. The van der Waals surface area contributed by atoms with E-state index in [4.69, 9.17) is 5.26 Å². The van der Waals surface area contributed by atoms with E-state index >= 15 is 0 Å². The van der Waals surface area contributed by atoms with E-state index in [0.717, 1.165) is 11.3 Å². The highest BCUT2D eigenvalue weighted by atomic mass is 15.1. The molecule has 0 radical (unpaired) electrons. The first-order valence-electron chi connectivity index (χ1n) is 3.30. The van der Waals surface area contributed by atoms with Crippen molar-refractivity contribution in [2.24, 2.45) is 0 Å². The lowest BCUT2D eigenvalue weighted by atomic mass is 10.2. The van der Waals surface area contributed by atoms with Crippen molar-refractivity contribution in [2.75, 3.05) is 4.90 Å². The molecule has 2 rings (SSSR count). The monoisotopic (exact) mass is 141 g/mol. The van der Waals surface area contributed by atoms with Gasteiger partial charge in [0, 0.05) is 6.07 Å². The summed E-state index contributed by atoms with van der Waals surface area (Å²) in [5.41, 5.74) is 1.89. The van der Waals surface area contributed by atoms with Crippen LogP contribution in [-0.2, 0) is 0 Å². The van der Waals surface area contributed by atoms with Crippen molar-refractivity contribution < 1.29 is 0 Å². The van der Waals surface area contributed by atoms with E-state index in [1.54, 1.807) is 6.20 Å². The lowest BCUT2D eigenvalue weighted by Crippen LogP contribution is -2.02. The highest BCUT2D eigenvalue weighted by molar-refractivity contribution is 5.65. The van der Waals surface area contributed by atoms with Gasteiger partial charge in [0.15, 0.2) is 5.69 Å².